The number of rotatable bonds is 16. The topological polar surface area (TPSA) is 163 Å². The Morgan fingerprint density at radius 1 is 0.800 bits per heavy atom. The molecule has 6 N–H and O–H groups in total. The summed E-state index contributed by atoms with van der Waals surface area (Å²) in [4.78, 5) is 40.5. The Morgan fingerprint density at radius 2 is 1.38 bits per heavy atom. The Hall–Kier alpha value is -5.20. The van der Waals surface area contributed by atoms with Crippen molar-refractivity contribution < 1.29 is 22.8 Å². The van der Waals surface area contributed by atoms with Crippen LogP contribution >= 0.6 is 0 Å². The Morgan fingerprint density at radius 3 is 1.96 bits per heavy atom. The van der Waals surface area contributed by atoms with Crippen molar-refractivity contribution in [2.45, 2.75) is 51.4 Å². The monoisotopic (exact) mass is 698 g/mol. The molecule has 4 aromatic carbocycles. The number of sulfonamides is 1. The lowest BCUT2D eigenvalue weighted by atomic mass is 10.0. The second-order valence-electron chi connectivity index (χ2n) is 12.3. The average molecular weight is 699 g/mol. The number of nitrogens with zero attached hydrogens (tertiary/aromatic N) is 1. The van der Waals surface area contributed by atoms with Crippen molar-refractivity contribution in [3.05, 3.63) is 131 Å². The summed E-state index contributed by atoms with van der Waals surface area (Å²) >= 11 is 0. The van der Waals surface area contributed by atoms with Gasteiger partial charge in [-0.25, -0.2) is 8.42 Å². The van der Waals surface area contributed by atoms with Gasteiger partial charge in [0, 0.05) is 43.0 Å². The van der Waals surface area contributed by atoms with Gasteiger partial charge in [-0.15, -0.1) is 0 Å². The predicted octanol–water partition coefficient (Wildman–Crippen LogP) is 4.18. The van der Waals surface area contributed by atoms with Crippen LogP contribution in [-0.4, -0.2) is 58.1 Å². The van der Waals surface area contributed by atoms with Gasteiger partial charge in [0.1, 0.15) is 0 Å². The van der Waals surface area contributed by atoms with Crippen LogP contribution in [0.5, 0.6) is 0 Å². The Kier molecular flexibility index (Phi) is 13.1. The molecule has 0 aliphatic rings. The molecule has 3 atom stereocenters. The van der Waals surface area contributed by atoms with Gasteiger partial charge in [0.15, 0.2) is 0 Å². The number of anilines is 2. The van der Waals surface area contributed by atoms with Crippen LogP contribution < -0.4 is 31.3 Å². The lowest BCUT2D eigenvalue weighted by molar-refractivity contribution is -0.123. The third kappa shape index (κ3) is 10.9. The fraction of sp³-hybridized carbons (Fsp3) is 0.289. The zero-order valence-electron chi connectivity index (χ0n) is 28.8. The Labute approximate surface area is 294 Å². The van der Waals surface area contributed by atoms with Gasteiger partial charge in [-0.3, -0.25) is 18.7 Å². The molecule has 0 heterocycles. The molecule has 4 aromatic rings. The van der Waals surface area contributed by atoms with E-state index in [1.54, 1.807) is 12.1 Å². The number of nitrogen functional groups attached to an aromatic ring is 1. The highest BCUT2D eigenvalue weighted by Crippen LogP contribution is 2.22. The maximum Gasteiger partial charge on any atom is 0.251 e. The highest BCUT2D eigenvalue weighted by molar-refractivity contribution is 7.92. The molecular formula is C38H46N6O5S. The van der Waals surface area contributed by atoms with Crippen LogP contribution in [0.15, 0.2) is 103 Å². The van der Waals surface area contributed by atoms with Gasteiger partial charge in [-0.2, -0.15) is 0 Å². The molecule has 0 radical (unpaired) electrons. The summed E-state index contributed by atoms with van der Waals surface area (Å²) in [5.41, 5.74) is 9.61. The Balaban J connectivity index is 1.55. The van der Waals surface area contributed by atoms with Gasteiger partial charge in [-0.1, -0.05) is 79.7 Å². The number of nitrogens with two attached hydrogens (primary N) is 1. The van der Waals surface area contributed by atoms with Gasteiger partial charge >= 0.3 is 0 Å². The van der Waals surface area contributed by atoms with Crippen molar-refractivity contribution >= 4 is 39.1 Å². The number of benzene rings is 4. The largest absolute Gasteiger partial charge is 0.399 e. The predicted molar refractivity (Wildman–Crippen MR) is 198 cm³/mol. The van der Waals surface area contributed by atoms with E-state index in [9.17, 15) is 22.8 Å². The molecule has 0 aromatic heterocycles. The van der Waals surface area contributed by atoms with Crippen molar-refractivity contribution in [1.82, 2.24) is 21.3 Å². The number of carbonyl (C=O) groups excluding carboxylic acids is 3. The first-order chi connectivity index (χ1) is 23.8. The van der Waals surface area contributed by atoms with Crippen molar-refractivity contribution in [2.75, 3.05) is 29.9 Å². The van der Waals surface area contributed by atoms with Crippen molar-refractivity contribution in [2.24, 2.45) is 0 Å². The van der Waals surface area contributed by atoms with Crippen LogP contribution in [0.3, 0.4) is 0 Å². The van der Waals surface area contributed by atoms with Crippen LogP contribution in [0.2, 0.25) is 0 Å². The molecule has 11 nitrogen and oxygen atoms in total. The first-order valence-electron chi connectivity index (χ1n) is 16.5. The molecule has 0 unspecified atom stereocenters. The fourth-order valence-electron chi connectivity index (χ4n) is 5.35. The minimum absolute atomic E-state index is 0.113. The van der Waals surface area contributed by atoms with E-state index in [2.05, 4.69) is 21.3 Å². The van der Waals surface area contributed by atoms with Gasteiger partial charge in [0.2, 0.25) is 15.9 Å². The summed E-state index contributed by atoms with van der Waals surface area (Å²) < 4.78 is 26.0. The normalized spacial score (nSPS) is 13.0. The average Bonchev–Trinajstić information content (AvgIpc) is 3.11. The lowest BCUT2D eigenvalue weighted by Crippen LogP contribution is -2.50. The van der Waals surface area contributed by atoms with E-state index in [1.165, 1.54) is 25.2 Å². The minimum atomic E-state index is -3.71. The zero-order valence-corrected chi connectivity index (χ0v) is 29.7. The zero-order chi connectivity index (χ0) is 36.3. The van der Waals surface area contributed by atoms with E-state index in [1.807, 2.05) is 86.6 Å². The van der Waals surface area contributed by atoms with E-state index < -0.39 is 33.9 Å². The second kappa shape index (κ2) is 17.5. The highest BCUT2D eigenvalue weighted by atomic mass is 32.2. The molecule has 3 amide bonds. The smallest absolute Gasteiger partial charge is 0.251 e. The van der Waals surface area contributed by atoms with Crippen LogP contribution in [-0.2, 0) is 27.8 Å². The van der Waals surface area contributed by atoms with Crippen LogP contribution in [0.1, 0.15) is 63.7 Å². The second-order valence-corrected chi connectivity index (χ2v) is 14.3. The van der Waals surface area contributed by atoms with Crippen molar-refractivity contribution in [3.63, 3.8) is 0 Å². The third-order valence-corrected chi connectivity index (χ3v) is 9.60. The van der Waals surface area contributed by atoms with Gasteiger partial charge in [0.25, 0.3) is 11.8 Å². The number of carbonyl (C=O) groups is 3. The molecule has 0 saturated carbocycles. The fourth-order valence-corrected chi connectivity index (χ4v) is 5.84. The molecule has 0 spiro atoms. The Bertz CT molecular complexity index is 1850. The van der Waals surface area contributed by atoms with E-state index in [0.717, 1.165) is 27.3 Å². The summed E-state index contributed by atoms with van der Waals surface area (Å²) in [5, 5.41) is 12.3. The quantitative estimate of drug-likeness (QED) is 0.110. The summed E-state index contributed by atoms with van der Waals surface area (Å²) in [6.45, 7) is 4.36. The number of nitrogens with one attached hydrogen (secondary N) is 4. The van der Waals surface area contributed by atoms with Crippen LogP contribution in [0.4, 0.5) is 11.4 Å². The number of hydrogen-bond acceptors (Lipinski definition) is 7. The third-order valence-electron chi connectivity index (χ3n) is 8.39. The molecule has 0 saturated heterocycles. The molecule has 0 aliphatic heterocycles. The highest BCUT2D eigenvalue weighted by Gasteiger charge is 2.23. The first kappa shape index (κ1) is 37.6. The molecule has 50 heavy (non-hydrogen) atoms. The summed E-state index contributed by atoms with van der Waals surface area (Å²) in [5.74, 6) is -1.13. The molecule has 264 valence electrons. The van der Waals surface area contributed by atoms with Crippen molar-refractivity contribution in [3.8, 4) is 0 Å². The number of hydrogen-bond donors (Lipinski definition) is 5. The van der Waals surface area contributed by atoms with E-state index >= 15 is 0 Å². The summed E-state index contributed by atoms with van der Waals surface area (Å²) in [6.07, 6.45) is 2.02. The first-order valence-corrected chi connectivity index (χ1v) is 18.3. The van der Waals surface area contributed by atoms with Gasteiger partial charge < -0.3 is 27.0 Å². The number of amides is 3. The van der Waals surface area contributed by atoms with E-state index in [-0.39, 0.29) is 35.3 Å². The maximum absolute atomic E-state index is 13.9. The molecule has 0 fully saturated rings. The lowest BCUT2D eigenvalue weighted by Gasteiger charge is -2.24. The summed E-state index contributed by atoms with van der Waals surface area (Å²) in [7, 11) is -2.34. The van der Waals surface area contributed by atoms with Crippen LogP contribution in [0.25, 0.3) is 0 Å². The maximum atomic E-state index is 13.9. The van der Waals surface area contributed by atoms with Gasteiger partial charge in [0.05, 0.1) is 24.0 Å². The standard InChI is InChI=1S/C38H46N6O5S/c1-5-35(38(47)41-24-28-16-18-32(39)19-17-28)40-25-33(20-27-12-8-6-9-13-27)43-37(46)31-21-30(22-34(23-31)44(3)50(4,48)49)36(45)42-26(2)29-14-10-7-11-15-29/h6-19,21-23,26,33,35,40H,5,20,24-25,39H2,1-4H3,(H,41,47)(H,42,45)(H,43,46)/t26-,33+,35+/m1/s1. The SMILES string of the molecule is CC[C@H](NC[C@H](Cc1ccccc1)NC(=O)c1cc(C(=O)N[C@H](C)c2ccccc2)cc(N(C)S(C)(=O)=O)c1)C(=O)NCc1ccc(N)cc1. The molecule has 12 heteroatoms. The van der Waals surface area contributed by atoms with E-state index in [4.69, 9.17) is 5.73 Å². The van der Waals surface area contributed by atoms with Crippen molar-refractivity contribution in [1.29, 1.82) is 0 Å². The molecular weight excluding hydrogens is 653 g/mol. The van der Waals surface area contributed by atoms with Gasteiger partial charge in [-0.05, 0) is 66.8 Å². The molecule has 4 rings (SSSR count). The summed E-state index contributed by atoms with van der Waals surface area (Å²) in [6, 6.07) is 29.4. The minimum Gasteiger partial charge on any atom is -0.399 e. The molecule has 0 bridgehead atoms. The molecule has 0 aliphatic carbocycles. The van der Waals surface area contributed by atoms with E-state index in [0.29, 0.717) is 25.1 Å². The van der Waals surface area contributed by atoms with Crippen LogP contribution in [0, 0.1) is 0 Å².